The fourth-order valence-corrected chi connectivity index (χ4v) is 1.45. The van der Waals surface area contributed by atoms with Crippen molar-refractivity contribution in [1.82, 2.24) is 0 Å². The molecule has 1 rings (SSSR count). The Morgan fingerprint density at radius 3 is 1.73 bits per heavy atom. The summed E-state index contributed by atoms with van der Waals surface area (Å²) in [4.78, 5) is 0. The van der Waals surface area contributed by atoms with Crippen LogP contribution >= 0.6 is 25.3 Å². The van der Waals surface area contributed by atoms with Gasteiger partial charge < -0.3 is 9.47 Å². The van der Waals surface area contributed by atoms with Gasteiger partial charge in [-0.2, -0.15) is 25.3 Å². The molecule has 0 aromatic carbocycles. The Bertz CT molecular complexity index is 169. The second kappa shape index (κ2) is 3.19. The first-order chi connectivity index (χ1) is 5.09. The summed E-state index contributed by atoms with van der Waals surface area (Å²) >= 11 is 8.22. The number of hydrogen-bond acceptors (Lipinski definition) is 4. The van der Waals surface area contributed by atoms with Crippen LogP contribution in [0.3, 0.4) is 0 Å². The SMILES string of the molecule is CC1(C)OC(CS)=C(CS)O1. The van der Waals surface area contributed by atoms with Gasteiger partial charge in [0.1, 0.15) is 11.5 Å². The van der Waals surface area contributed by atoms with Crippen LogP contribution in [0.2, 0.25) is 0 Å². The van der Waals surface area contributed by atoms with Crippen LogP contribution < -0.4 is 0 Å². The van der Waals surface area contributed by atoms with Crippen LogP contribution in [0.1, 0.15) is 13.8 Å². The van der Waals surface area contributed by atoms with Crippen LogP contribution in [-0.2, 0) is 9.47 Å². The summed E-state index contributed by atoms with van der Waals surface area (Å²) in [6.07, 6.45) is 0. The largest absolute Gasteiger partial charge is 0.453 e. The molecule has 0 radical (unpaired) electrons. The fraction of sp³-hybridized carbons (Fsp3) is 0.714. The third-order valence-electron chi connectivity index (χ3n) is 1.34. The molecule has 0 saturated carbocycles. The molecule has 11 heavy (non-hydrogen) atoms. The van der Waals surface area contributed by atoms with Crippen molar-refractivity contribution in [3.05, 3.63) is 11.5 Å². The van der Waals surface area contributed by atoms with Crippen LogP contribution in [0.5, 0.6) is 0 Å². The van der Waals surface area contributed by atoms with Gasteiger partial charge >= 0.3 is 0 Å². The third kappa shape index (κ3) is 1.99. The molecule has 0 amide bonds. The molecule has 1 aliphatic heterocycles. The highest BCUT2D eigenvalue weighted by Crippen LogP contribution is 2.31. The molecule has 1 aliphatic rings. The van der Waals surface area contributed by atoms with E-state index in [1.54, 1.807) is 0 Å². The maximum atomic E-state index is 5.43. The molecule has 4 heteroatoms. The van der Waals surface area contributed by atoms with Crippen LogP contribution in [0.4, 0.5) is 0 Å². The monoisotopic (exact) mass is 192 g/mol. The molecule has 0 aromatic heterocycles. The minimum Gasteiger partial charge on any atom is -0.453 e. The van der Waals surface area contributed by atoms with E-state index in [1.165, 1.54) is 0 Å². The summed E-state index contributed by atoms with van der Waals surface area (Å²) in [6.45, 7) is 3.74. The van der Waals surface area contributed by atoms with E-state index in [4.69, 9.17) is 9.47 Å². The van der Waals surface area contributed by atoms with Gasteiger partial charge in [0.25, 0.3) is 0 Å². The molecule has 1 heterocycles. The first kappa shape index (κ1) is 9.13. The van der Waals surface area contributed by atoms with Gasteiger partial charge in [-0.05, 0) is 0 Å². The van der Waals surface area contributed by atoms with Gasteiger partial charge in [-0.25, -0.2) is 0 Å². The maximum absolute atomic E-state index is 5.43. The zero-order valence-corrected chi connectivity index (χ0v) is 8.41. The molecule has 2 nitrogen and oxygen atoms in total. The first-order valence-electron chi connectivity index (χ1n) is 3.41. The van der Waals surface area contributed by atoms with E-state index in [1.807, 2.05) is 13.8 Å². The van der Waals surface area contributed by atoms with Gasteiger partial charge in [0.05, 0.1) is 11.5 Å². The lowest BCUT2D eigenvalue weighted by atomic mass is 10.4. The van der Waals surface area contributed by atoms with Crippen molar-refractivity contribution in [3.63, 3.8) is 0 Å². The minimum absolute atomic E-state index is 0.532. The summed E-state index contributed by atoms with van der Waals surface area (Å²) in [5, 5.41) is 0. The van der Waals surface area contributed by atoms with E-state index in [9.17, 15) is 0 Å². The lowest BCUT2D eigenvalue weighted by molar-refractivity contribution is -0.121. The van der Waals surface area contributed by atoms with Crippen LogP contribution in [0, 0.1) is 0 Å². The van der Waals surface area contributed by atoms with E-state index < -0.39 is 5.79 Å². The second-order valence-electron chi connectivity index (χ2n) is 2.77. The molecule has 0 saturated heterocycles. The molecule has 64 valence electrons. The van der Waals surface area contributed by atoms with Crippen molar-refractivity contribution >= 4 is 25.3 Å². The number of rotatable bonds is 2. The average Bonchev–Trinajstić information content (AvgIpc) is 2.25. The maximum Gasteiger partial charge on any atom is 0.245 e. The van der Waals surface area contributed by atoms with E-state index in [2.05, 4.69) is 25.3 Å². The predicted octanol–water partition coefficient (Wildman–Crippen LogP) is 1.84. The van der Waals surface area contributed by atoms with Crippen LogP contribution in [0.25, 0.3) is 0 Å². The van der Waals surface area contributed by atoms with Gasteiger partial charge in [0.15, 0.2) is 0 Å². The van der Waals surface area contributed by atoms with Crippen LogP contribution in [-0.4, -0.2) is 17.3 Å². The Labute approximate surface area is 77.8 Å². The Kier molecular flexibility index (Phi) is 2.65. The molecule has 0 atom stereocenters. The van der Waals surface area contributed by atoms with E-state index in [0.29, 0.717) is 11.5 Å². The van der Waals surface area contributed by atoms with Crippen molar-refractivity contribution in [2.75, 3.05) is 11.5 Å². The Morgan fingerprint density at radius 2 is 1.45 bits per heavy atom. The van der Waals surface area contributed by atoms with Crippen molar-refractivity contribution in [1.29, 1.82) is 0 Å². The molecule has 0 bridgehead atoms. The third-order valence-corrected chi connectivity index (χ3v) is 1.91. The number of hydrogen-bond donors (Lipinski definition) is 2. The summed E-state index contributed by atoms with van der Waals surface area (Å²) in [7, 11) is 0. The molecule has 0 N–H and O–H groups in total. The molecular weight excluding hydrogens is 180 g/mol. The first-order valence-corrected chi connectivity index (χ1v) is 4.67. The van der Waals surface area contributed by atoms with E-state index >= 15 is 0 Å². The summed E-state index contributed by atoms with van der Waals surface area (Å²) in [6, 6.07) is 0. The topological polar surface area (TPSA) is 18.5 Å². The number of thiol groups is 2. The van der Waals surface area contributed by atoms with E-state index in [0.717, 1.165) is 11.5 Å². The van der Waals surface area contributed by atoms with Gasteiger partial charge in [-0.15, -0.1) is 0 Å². The molecule has 0 fully saturated rings. The molecule has 0 unspecified atom stereocenters. The van der Waals surface area contributed by atoms with Gasteiger partial charge in [0.2, 0.25) is 5.79 Å². The summed E-state index contributed by atoms with van der Waals surface area (Å²) < 4.78 is 10.9. The van der Waals surface area contributed by atoms with Crippen molar-refractivity contribution in [2.45, 2.75) is 19.6 Å². The molecular formula is C7H12O2S2. The van der Waals surface area contributed by atoms with Crippen molar-refractivity contribution in [3.8, 4) is 0 Å². The summed E-state index contributed by atoms with van der Waals surface area (Å²) in [5.74, 6) is 2.20. The molecule has 0 aliphatic carbocycles. The average molecular weight is 192 g/mol. The minimum atomic E-state index is -0.532. The van der Waals surface area contributed by atoms with Gasteiger partial charge in [-0.1, -0.05) is 0 Å². The fourth-order valence-electron chi connectivity index (χ4n) is 0.969. The Balaban J connectivity index is 2.71. The number of ether oxygens (including phenoxy) is 2. The van der Waals surface area contributed by atoms with E-state index in [-0.39, 0.29) is 0 Å². The Hall–Kier alpha value is 0.0400. The van der Waals surface area contributed by atoms with Gasteiger partial charge in [0, 0.05) is 13.8 Å². The molecule has 0 spiro atoms. The summed E-state index contributed by atoms with van der Waals surface area (Å²) in [5.41, 5.74) is 0. The highest BCUT2D eigenvalue weighted by molar-refractivity contribution is 7.80. The smallest absolute Gasteiger partial charge is 0.245 e. The lowest BCUT2D eigenvalue weighted by Gasteiger charge is -2.18. The molecule has 0 aromatic rings. The quantitative estimate of drug-likeness (QED) is 0.650. The van der Waals surface area contributed by atoms with Crippen molar-refractivity contribution < 1.29 is 9.47 Å². The van der Waals surface area contributed by atoms with Crippen molar-refractivity contribution in [2.24, 2.45) is 0 Å². The zero-order valence-electron chi connectivity index (χ0n) is 6.63. The highest BCUT2D eigenvalue weighted by atomic mass is 32.1. The highest BCUT2D eigenvalue weighted by Gasteiger charge is 2.32. The normalized spacial score (nSPS) is 21.5. The van der Waals surface area contributed by atoms with Crippen LogP contribution in [0.15, 0.2) is 11.5 Å². The predicted molar refractivity (Wildman–Crippen MR) is 51.0 cm³/mol. The Morgan fingerprint density at radius 1 is 1.09 bits per heavy atom. The second-order valence-corrected chi connectivity index (χ2v) is 3.40. The van der Waals surface area contributed by atoms with Gasteiger partial charge in [-0.3, -0.25) is 0 Å². The zero-order chi connectivity index (χ0) is 8.48. The lowest BCUT2D eigenvalue weighted by Crippen LogP contribution is -2.21. The standard InChI is InChI=1S/C7H12O2S2/c1-7(2)8-5(3-10)6(4-11)9-7/h10-11H,3-4H2,1-2H3.